The second-order valence-corrected chi connectivity index (χ2v) is 8.28. The molecule has 6 nitrogen and oxygen atoms in total. The predicted molar refractivity (Wildman–Crippen MR) is 103 cm³/mol. The molecular formula is C18H21ClN2O4S. The number of likely N-dealkylation sites (N-methyl/N-ethyl adjacent to an activating group) is 1. The van der Waals surface area contributed by atoms with E-state index in [9.17, 15) is 13.2 Å². The molecule has 0 aromatic heterocycles. The van der Waals surface area contributed by atoms with Crippen molar-refractivity contribution in [2.24, 2.45) is 0 Å². The van der Waals surface area contributed by atoms with E-state index in [2.05, 4.69) is 5.32 Å². The van der Waals surface area contributed by atoms with Crippen LogP contribution in [0.15, 0.2) is 53.4 Å². The van der Waals surface area contributed by atoms with E-state index < -0.39 is 9.84 Å². The fraction of sp³-hybridized carbons (Fsp3) is 0.278. The lowest BCUT2D eigenvalue weighted by molar-refractivity contribution is -0.117. The number of sulfone groups is 1. The number of nitrogens with zero attached hydrogens (tertiary/aromatic N) is 1. The Morgan fingerprint density at radius 1 is 1.19 bits per heavy atom. The second-order valence-electron chi connectivity index (χ2n) is 5.86. The second kappa shape index (κ2) is 9.02. The first-order valence-electron chi connectivity index (χ1n) is 7.91. The summed E-state index contributed by atoms with van der Waals surface area (Å²) in [6.07, 6.45) is 1.10. The molecule has 2 rings (SSSR count). The molecule has 0 fully saturated rings. The number of ether oxygens (including phenoxy) is 1. The molecule has 0 aliphatic carbocycles. The average molecular weight is 397 g/mol. The van der Waals surface area contributed by atoms with Crippen LogP contribution in [0.4, 0.5) is 5.69 Å². The van der Waals surface area contributed by atoms with Crippen molar-refractivity contribution in [3.05, 3.63) is 53.6 Å². The van der Waals surface area contributed by atoms with Gasteiger partial charge in [-0.05, 0) is 37.4 Å². The SMILES string of the molecule is CN(CCOc1ccccc1)CC(=O)Nc1cc(S(C)(=O)=O)ccc1Cl. The van der Waals surface area contributed by atoms with Crippen molar-refractivity contribution in [3.63, 3.8) is 0 Å². The Labute approximate surface area is 158 Å². The van der Waals surface area contributed by atoms with Gasteiger partial charge in [-0.2, -0.15) is 0 Å². The molecule has 0 spiro atoms. The number of para-hydroxylation sites is 1. The van der Waals surface area contributed by atoms with Crippen LogP contribution < -0.4 is 10.1 Å². The summed E-state index contributed by atoms with van der Waals surface area (Å²) in [4.78, 5) is 14.1. The molecule has 26 heavy (non-hydrogen) atoms. The summed E-state index contributed by atoms with van der Waals surface area (Å²) >= 11 is 6.04. The van der Waals surface area contributed by atoms with Crippen molar-refractivity contribution in [3.8, 4) is 5.75 Å². The molecule has 2 aromatic carbocycles. The number of carbonyl (C=O) groups is 1. The van der Waals surface area contributed by atoms with Crippen LogP contribution in [0.5, 0.6) is 5.75 Å². The molecular weight excluding hydrogens is 376 g/mol. The molecule has 0 saturated heterocycles. The van der Waals surface area contributed by atoms with Crippen molar-refractivity contribution < 1.29 is 17.9 Å². The van der Waals surface area contributed by atoms with Crippen LogP contribution in [-0.4, -0.2) is 52.2 Å². The molecule has 0 aliphatic heterocycles. The normalized spacial score (nSPS) is 11.4. The minimum absolute atomic E-state index is 0.0989. The molecule has 2 aromatic rings. The zero-order chi connectivity index (χ0) is 19.2. The smallest absolute Gasteiger partial charge is 0.238 e. The zero-order valence-corrected chi connectivity index (χ0v) is 16.2. The van der Waals surface area contributed by atoms with Crippen LogP contribution >= 0.6 is 11.6 Å². The highest BCUT2D eigenvalue weighted by atomic mass is 35.5. The predicted octanol–water partition coefficient (Wildman–Crippen LogP) is 2.69. The van der Waals surface area contributed by atoms with Crippen LogP contribution in [-0.2, 0) is 14.6 Å². The van der Waals surface area contributed by atoms with Crippen molar-refractivity contribution in [2.75, 3.05) is 38.3 Å². The number of nitrogens with one attached hydrogen (secondary N) is 1. The molecule has 1 N–H and O–H groups in total. The highest BCUT2D eigenvalue weighted by molar-refractivity contribution is 7.90. The van der Waals surface area contributed by atoms with E-state index in [1.807, 2.05) is 30.3 Å². The molecule has 0 atom stereocenters. The molecule has 0 heterocycles. The number of hydrogen-bond acceptors (Lipinski definition) is 5. The Hall–Kier alpha value is -2.09. The van der Waals surface area contributed by atoms with E-state index >= 15 is 0 Å². The number of amides is 1. The molecule has 0 unspecified atom stereocenters. The van der Waals surface area contributed by atoms with Gasteiger partial charge < -0.3 is 10.1 Å². The van der Waals surface area contributed by atoms with Crippen molar-refractivity contribution in [1.82, 2.24) is 4.90 Å². The number of halogens is 1. The van der Waals surface area contributed by atoms with Gasteiger partial charge in [0.1, 0.15) is 12.4 Å². The highest BCUT2D eigenvalue weighted by Gasteiger charge is 2.13. The number of benzene rings is 2. The Morgan fingerprint density at radius 2 is 1.88 bits per heavy atom. The zero-order valence-electron chi connectivity index (χ0n) is 14.6. The van der Waals surface area contributed by atoms with Gasteiger partial charge in [0, 0.05) is 12.8 Å². The topological polar surface area (TPSA) is 75.7 Å². The molecule has 140 valence electrons. The molecule has 0 radical (unpaired) electrons. The first kappa shape index (κ1) is 20.2. The average Bonchev–Trinajstić information content (AvgIpc) is 2.56. The van der Waals surface area contributed by atoms with E-state index in [0.29, 0.717) is 13.2 Å². The maximum atomic E-state index is 12.2. The van der Waals surface area contributed by atoms with Crippen LogP contribution in [0.2, 0.25) is 5.02 Å². The van der Waals surface area contributed by atoms with Crippen LogP contribution in [0, 0.1) is 0 Å². The van der Waals surface area contributed by atoms with Crippen LogP contribution in [0.1, 0.15) is 0 Å². The Kier molecular flexibility index (Phi) is 7.02. The summed E-state index contributed by atoms with van der Waals surface area (Å²) < 4.78 is 28.8. The van der Waals surface area contributed by atoms with Gasteiger partial charge in [0.15, 0.2) is 9.84 Å². The summed E-state index contributed by atoms with van der Waals surface area (Å²) in [6, 6.07) is 13.6. The van der Waals surface area contributed by atoms with E-state index in [4.69, 9.17) is 16.3 Å². The molecule has 1 amide bonds. The molecule has 8 heteroatoms. The van der Waals surface area contributed by atoms with Crippen molar-refractivity contribution in [2.45, 2.75) is 4.90 Å². The molecule has 0 bridgehead atoms. The van der Waals surface area contributed by atoms with Gasteiger partial charge in [0.05, 0.1) is 22.2 Å². The lowest BCUT2D eigenvalue weighted by Crippen LogP contribution is -2.33. The number of carbonyl (C=O) groups excluding carboxylic acids is 1. The number of rotatable bonds is 8. The van der Waals surface area contributed by atoms with E-state index in [1.165, 1.54) is 18.2 Å². The van der Waals surface area contributed by atoms with Crippen molar-refractivity contribution in [1.29, 1.82) is 0 Å². The van der Waals surface area contributed by atoms with Gasteiger partial charge in [0.2, 0.25) is 5.91 Å². The van der Waals surface area contributed by atoms with Gasteiger partial charge in [-0.3, -0.25) is 9.69 Å². The monoisotopic (exact) mass is 396 g/mol. The molecule has 0 aliphatic rings. The quantitative estimate of drug-likeness (QED) is 0.742. The van der Waals surface area contributed by atoms with Gasteiger partial charge in [-0.25, -0.2) is 8.42 Å². The standard InChI is InChI=1S/C18H21ClN2O4S/c1-21(10-11-25-14-6-4-3-5-7-14)13-18(22)20-17-12-15(26(2,23)24)8-9-16(17)19/h3-9,12H,10-11,13H2,1-2H3,(H,20,22). The Bertz CT molecular complexity index is 857. The van der Waals surface area contributed by atoms with E-state index in [0.717, 1.165) is 12.0 Å². The summed E-state index contributed by atoms with van der Waals surface area (Å²) in [5.41, 5.74) is 0.272. The van der Waals surface area contributed by atoms with Gasteiger partial charge in [-0.1, -0.05) is 29.8 Å². The fourth-order valence-corrected chi connectivity index (χ4v) is 2.99. The lowest BCUT2D eigenvalue weighted by atomic mass is 10.3. The summed E-state index contributed by atoms with van der Waals surface area (Å²) in [5, 5.41) is 2.92. The van der Waals surface area contributed by atoms with E-state index in [1.54, 1.807) is 11.9 Å². The highest BCUT2D eigenvalue weighted by Crippen LogP contribution is 2.25. The Morgan fingerprint density at radius 3 is 2.54 bits per heavy atom. The fourth-order valence-electron chi connectivity index (χ4n) is 2.18. The maximum Gasteiger partial charge on any atom is 0.238 e. The minimum atomic E-state index is -3.38. The lowest BCUT2D eigenvalue weighted by Gasteiger charge is -2.17. The van der Waals surface area contributed by atoms with Gasteiger partial charge in [0.25, 0.3) is 0 Å². The first-order chi connectivity index (χ1) is 12.3. The maximum absolute atomic E-state index is 12.2. The summed E-state index contributed by atoms with van der Waals surface area (Å²) in [6.45, 7) is 1.12. The third-order valence-electron chi connectivity index (χ3n) is 3.54. The van der Waals surface area contributed by atoms with E-state index in [-0.39, 0.29) is 28.1 Å². The number of hydrogen-bond donors (Lipinski definition) is 1. The third-order valence-corrected chi connectivity index (χ3v) is 4.98. The van der Waals surface area contributed by atoms with Crippen LogP contribution in [0.25, 0.3) is 0 Å². The van der Waals surface area contributed by atoms with Gasteiger partial charge in [-0.15, -0.1) is 0 Å². The Balaban J connectivity index is 1.86. The van der Waals surface area contributed by atoms with Crippen LogP contribution in [0.3, 0.4) is 0 Å². The first-order valence-corrected chi connectivity index (χ1v) is 10.2. The number of anilines is 1. The summed E-state index contributed by atoms with van der Waals surface area (Å²) in [7, 11) is -1.58. The molecule has 0 saturated carbocycles. The van der Waals surface area contributed by atoms with Gasteiger partial charge >= 0.3 is 0 Å². The largest absolute Gasteiger partial charge is 0.492 e. The minimum Gasteiger partial charge on any atom is -0.492 e. The third kappa shape index (κ3) is 6.33. The summed E-state index contributed by atoms with van der Waals surface area (Å²) in [5.74, 6) is 0.481. The van der Waals surface area contributed by atoms with Crippen molar-refractivity contribution >= 4 is 33.0 Å².